The van der Waals surface area contributed by atoms with Crippen LogP contribution in [0.3, 0.4) is 0 Å². The molecule has 1 N–H and O–H groups in total. The predicted molar refractivity (Wildman–Crippen MR) is 57.4 cm³/mol. The van der Waals surface area contributed by atoms with Crippen LogP contribution in [-0.2, 0) is 4.84 Å². The van der Waals surface area contributed by atoms with Crippen LogP contribution in [0.1, 0.15) is 6.92 Å². The predicted octanol–water partition coefficient (Wildman–Crippen LogP) is 1.52. The molecular weight excluding hydrogens is 208 g/mol. The third kappa shape index (κ3) is 3.48. The summed E-state index contributed by atoms with van der Waals surface area (Å²) in [6.07, 6.45) is 1.14. The van der Waals surface area contributed by atoms with Crippen molar-refractivity contribution < 1.29 is 9.63 Å². The molecule has 1 rings (SSSR count). The summed E-state index contributed by atoms with van der Waals surface area (Å²) in [5.74, 6) is 2.24. The fourth-order valence-corrected chi connectivity index (χ4v) is 3.37. The second kappa shape index (κ2) is 4.76. The van der Waals surface area contributed by atoms with Crippen molar-refractivity contribution in [1.82, 2.24) is 5.32 Å². The normalized spacial score (nSPS) is 20.5. The second-order valence-corrected chi connectivity index (χ2v) is 5.92. The van der Waals surface area contributed by atoms with E-state index in [-0.39, 0.29) is 4.08 Å². The van der Waals surface area contributed by atoms with Gasteiger partial charge in [-0.05, 0) is 6.92 Å². The van der Waals surface area contributed by atoms with Crippen LogP contribution in [0, 0.1) is 0 Å². The van der Waals surface area contributed by atoms with Crippen LogP contribution in [0.4, 0.5) is 4.79 Å². The zero-order chi connectivity index (χ0) is 9.73. The summed E-state index contributed by atoms with van der Waals surface area (Å²) >= 11 is 3.61. The van der Waals surface area contributed by atoms with Crippen molar-refractivity contribution in [3.63, 3.8) is 0 Å². The average molecular weight is 220 g/mol. The first-order valence-electron chi connectivity index (χ1n) is 3.87. The Kier molecular flexibility index (Phi) is 3.92. The fraction of sp³-hybridized carbons (Fsp3) is 0.714. The van der Waals surface area contributed by atoms with E-state index in [1.165, 1.54) is 7.05 Å². The summed E-state index contributed by atoms with van der Waals surface area (Å²) in [5, 5.41) is 5.93. The minimum absolute atomic E-state index is 0.0337. The van der Waals surface area contributed by atoms with Crippen molar-refractivity contribution in [1.29, 1.82) is 0 Å². The Hall–Kier alpha value is -0.360. The number of oxime groups is 1. The van der Waals surface area contributed by atoms with Crippen LogP contribution in [0.25, 0.3) is 0 Å². The van der Waals surface area contributed by atoms with Crippen LogP contribution in [-0.4, -0.2) is 34.9 Å². The van der Waals surface area contributed by atoms with Crippen molar-refractivity contribution in [2.24, 2.45) is 5.16 Å². The van der Waals surface area contributed by atoms with Crippen LogP contribution < -0.4 is 5.32 Å². The molecule has 1 heterocycles. The van der Waals surface area contributed by atoms with E-state index in [0.29, 0.717) is 0 Å². The fourth-order valence-electron chi connectivity index (χ4n) is 0.820. The topological polar surface area (TPSA) is 50.7 Å². The molecule has 1 saturated heterocycles. The van der Waals surface area contributed by atoms with Gasteiger partial charge in [-0.2, -0.15) is 0 Å². The van der Waals surface area contributed by atoms with Crippen LogP contribution in [0.2, 0.25) is 0 Å². The molecule has 13 heavy (non-hydrogen) atoms. The Morgan fingerprint density at radius 2 is 2.23 bits per heavy atom. The van der Waals surface area contributed by atoms with Crippen LogP contribution in [0.15, 0.2) is 5.16 Å². The number of carbonyl (C=O) groups excluding carboxylic acids is 1. The number of amides is 1. The Morgan fingerprint density at radius 1 is 1.62 bits per heavy atom. The maximum absolute atomic E-state index is 10.6. The molecule has 0 aromatic heterocycles. The van der Waals surface area contributed by atoms with E-state index < -0.39 is 6.09 Å². The lowest BCUT2D eigenvalue weighted by molar-refractivity contribution is 0.153. The zero-order valence-electron chi connectivity index (χ0n) is 7.57. The van der Waals surface area contributed by atoms with Gasteiger partial charge in [0.1, 0.15) is 0 Å². The molecule has 4 nitrogen and oxygen atoms in total. The molecule has 0 spiro atoms. The van der Waals surface area contributed by atoms with Gasteiger partial charge in [-0.25, -0.2) is 4.79 Å². The number of rotatable bonds is 2. The van der Waals surface area contributed by atoms with E-state index in [4.69, 9.17) is 0 Å². The van der Waals surface area contributed by atoms with E-state index >= 15 is 0 Å². The van der Waals surface area contributed by atoms with Gasteiger partial charge in [0.15, 0.2) is 0 Å². The van der Waals surface area contributed by atoms with Gasteiger partial charge >= 0.3 is 6.09 Å². The molecule has 0 bridgehead atoms. The van der Waals surface area contributed by atoms with Gasteiger partial charge in [-0.1, -0.05) is 5.16 Å². The number of carbonyl (C=O) groups is 1. The molecule has 0 atom stereocenters. The van der Waals surface area contributed by atoms with Gasteiger partial charge in [-0.15, -0.1) is 23.5 Å². The lowest BCUT2D eigenvalue weighted by Gasteiger charge is -2.13. The zero-order valence-corrected chi connectivity index (χ0v) is 9.20. The minimum Gasteiger partial charge on any atom is -0.323 e. The number of hydrogen-bond donors (Lipinski definition) is 1. The molecular formula is C7H12N2O2S2. The van der Waals surface area contributed by atoms with E-state index in [1.807, 2.05) is 0 Å². The molecule has 0 radical (unpaired) electrons. The maximum atomic E-state index is 10.6. The highest BCUT2D eigenvalue weighted by Gasteiger charge is 2.28. The Morgan fingerprint density at radius 3 is 2.77 bits per heavy atom. The summed E-state index contributed by atoms with van der Waals surface area (Å²) in [4.78, 5) is 15.1. The van der Waals surface area contributed by atoms with Crippen molar-refractivity contribution in [3.8, 4) is 0 Å². The lowest BCUT2D eigenvalue weighted by atomic mass is 10.5. The molecule has 1 amide bonds. The number of nitrogens with zero attached hydrogens (tertiary/aromatic N) is 1. The van der Waals surface area contributed by atoms with E-state index in [9.17, 15) is 4.79 Å². The van der Waals surface area contributed by atoms with Gasteiger partial charge in [0.05, 0.1) is 10.3 Å². The van der Waals surface area contributed by atoms with E-state index in [0.717, 1.165) is 11.5 Å². The summed E-state index contributed by atoms with van der Waals surface area (Å²) < 4.78 is -0.0337. The SMILES string of the molecule is CNC(=O)ON=CC1(C)SCCS1. The minimum atomic E-state index is -0.534. The van der Waals surface area contributed by atoms with Crippen molar-refractivity contribution in [2.75, 3.05) is 18.6 Å². The third-order valence-electron chi connectivity index (χ3n) is 1.49. The Bertz CT molecular complexity index is 215. The van der Waals surface area contributed by atoms with Crippen molar-refractivity contribution in [3.05, 3.63) is 0 Å². The summed E-state index contributed by atoms with van der Waals surface area (Å²) in [6, 6.07) is 0. The van der Waals surface area contributed by atoms with Gasteiger partial charge in [0, 0.05) is 18.6 Å². The Labute approximate surface area is 85.8 Å². The molecule has 1 aliphatic rings. The highest BCUT2D eigenvalue weighted by molar-refractivity contribution is 8.22. The number of hydrogen-bond acceptors (Lipinski definition) is 5. The van der Waals surface area contributed by atoms with Crippen LogP contribution >= 0.6 is 23.5 Å². The summed E-state index contributed by atoms with van der Waals surface area (Å²) in [5.41, 5.74) is 0. The van der Waals surface area contributed by atoms with Crippen molar-refractivity contribution in [2.45, 2.75) is 11.0 Å². The van der Waals surface area contributed by atoms with E-state index in [1.54, 1.807) is 29.7 Å². The molecule has 6 heteroatoms. The maximum Gasteiger partial charge on any atom is 0.433 e. The number of nitrogens with one attached hydrogen (secondary N) is 1. The summed E-state index contributed by atoms with van der Waals surface area (Å²) in [7, 11) is 1.50. The quantitative estimate of drug-likeness (QED) is 0.435. The standard InChI is InChI=1S/C7H12N2O2S2/c1-7(12-3-4-13-7)5-9-11-6(10)8-2/h5H,3-4H2,1-2H3,(H,8,10). The average Bonchev–Trinajstić information content (AvgIpc) is 2.52. The molecule has 74 valence electrons. The molecule has 1 fully saturated rings. The highest BCUT2D eigenvalue weighted by Crippen LogP contribution is 2.41. The molecule has 0 aromatic carbocycles. The summed E-state index contributed by atoms with van der Waals surface area (Å²) in [6.45, 7) is 2.06. The van der Waals surface area contributed by atoms with Gasteiger partial charge in [-0.3, -0.25) is 4.84 Å². The highest BCUT2D eigenvalue weighted by atomic mass is 32.2. The monoisotopic (exact) mass is 220 g/mol. The van der Waals surface area contributed by atoms with Gasteiger partial charge in [0.25, 0.3) is 0 Å². The number of thioether (sulfide) groups is 2. The van der Waals surface area contributed by atoms with Crippen molar-refractivity contribution >= 4 is 35.8 Å². The third-order valence-corrected chi connectivity index (χ3v) is 4.63. The Balaban J connectivity index is 2.34. The van der Waals surface area contributed by atoms with Gasteiger partial charge in [0.2, 0.25) is 0 Å². The lowest BCUT2D eigenvalue weighted by Crippen LogP contribution is -2.18. The molecule has 0 unspecified atom stereocenters. The molecule has 1 aliphatic heterocycles. The smallest absolute Gasteiger partial charge is 0.323 e. The largest absolute Gasteiger partial charge is 0.433 e. The van der Waals surface area contributed by atoms with E-state index in [2.05, 4.69) is 22.2 Å². The molecule has 0 aromatic rings. The molecule has 0 aliphatic carbocycles. The first-order valence-corrected chi connectivity index (χ1v) is 5.84. The second-order valence-electron chi connectivity index (χ2n) is 2.58. The first-order chi connectivity index (χ1) is 6.16. The molecule has 0 saturated carbocycles. The first kappa shape index (κ1) is 10.7. The van der Waals surface area contributed by atoms with Crippen LogP contribution in [0.5, 0.6) is 0 Å². The van der Waals surface area contributed by atoms with Gasteiger partial charge < -0.3 is 5.32 Å².